The van der Waals surface area contributed by atoms with Gasteiger partial charge < -0.3 is 5.11 Å². The molecule has 1 aromatic carbocycles. The molecule has 0 unspecified atom stereocenters. The average molecular weight is 244 g/mol. The van der Waals surface area contributed by atoms with Crippen LogP contribution in [0.15, 0.2) is 17.0 Å². The van der Waals surface area contributed by atoms with E-state index in [1.165, 1.54) is 12.1 Å². The van der Waals surface area contributed by atoms with Crippen LogP contribution in [0.3, 0.4) is 0 Å². The molecule has 0 radical (unpaired) electrons. The van der Waals surface area contributed by atoms with E-state index >= 15 is 0 Å². The Bertz CT molecular complexity index is 510. The molecule has 0 fully saturated rings. The number of hydrogen-bond acceptors (Lipinski definition) is 3. The molecule has 16 heavy (non-hydrogen) atoms. The third-order valence-corrected chi connectivity index (χ3v) is 3.21. The zero-order chi connectivity index (χ0) is 12.7. The second kappa shape index (κ2) is 3.75. The largest absolute Gasteiger partial charge is 0.507 e. The van der Waals surface area contributed by atoms with Crippen LogP contribution in [0.25, 0.3) is 0 Å². The van der Waals surface area contributed by atoms with Gasteiger partial charge in [0.05, 0.1) is 4.90 Å². The molecule has 0 aromatic heterocycles. The standard InChI is InChI=1S/C11H16O4S/c1-7-5-8(16(13,14)15)6-9(10(7)12)11(2,3)4/h5-6,12H,1-4H3,(H,13,14,15). The van der Waals surface area contributed by atoms with Crippen LogP contribution in [0.4, 0.5) is 0 Å². The number of aryl methyl sites for hydroxylation is 1. The van der Waals surface area contributed by atoms with E-state index in [0.29, 0.717) is 11.1 Å². The van der Waals surface area contributed by atoms with Crippen LogP contribution in [0.2, 0.25) is 0 Å². The molecule has 1 rings (SSSR count). The quantitative estimate of drug-likeness (QED) is 0.743. The molecule has 0 heterocycles. The van der Waals surface area contributed by atoms with Gasteiger partial charge in [-0.25, -0.2) is 0 Å². The zero-order valence-electron chi connectivity index (χ0n) is 9.77. The summed E-state index contributed by atoms with van der Waals surface area (Å²) < 4.78 is 31.1. The van der Waals surface area contributed by atoms with Gasteiger partial charge in [-0.3, -0.25) is 4.55 Å². The van der Waals surface area contributed by atoms with Crippen molar-refractivity contribution in [3.8, 4) is 5.75 Å². The summed E-state index contributed by atoms with van der Waals surface area (Å²) in [5, 5.41) is 9.85. The van der Waals surface area contributed by atoms with Crippen molar-refractivity contribution in [1.29, 1.82) is 0 Å². The highest BCUT2D eigenvalue weighted by Gasteiger charge is 2.23. The van der Waals surface area contributed by atoms with Crippen molar-refractivity contribution in [3.63, 3.8) is 0 Å². The van der Waals surface area contributed by atoms with E-state index in [2.05, 4.69) is 0 Å². The van der Waals surface area contributed by atoms with Gasteiger partial charge in [0.1, 0.15) is 5.75 Å². The molecule has 2 N–H and O–H groups in total. The third-order valence-electron chi connectivity index (χ3n) is 2.38. The molecule has 0 aliphatic rings. The minimum atomic E-state index is -4.24. The Labute approximate surface area is 95.7 Å². The Morgan fingerprint density at radius 2 is 1.69 bits per heavy atom. The van der Waals surface area contributed by atoms with Crippen LogP contribution in [-0.4, -0.2) is 18.1 Å². The first-order chi connectivity index (χ1) is 7.03. The molecule has 90 valence electrons. The van der Waals surface area contributed by atoms with E-state index in [0.717, 1.165) is 0 Å². The Balaban J connectivity index is 3.59. The van der Waals surface area contributed by atoms with Gasteiger partial charge in [-0.2, -0.15) is 8.42 Å². The minimum Gasteiger partial charge on any atom is -0.507 e. The van der Waals surface area contributed by atoms with Crippen molar-refractivity contribution in [3.05, 3.63) is 23.3 Å². The highest BCUT2D eigenvalue weighted by atomic mass is 32.2. The molecule has 0 bridgehead atoms. The molecule has 4 nitrogen and oxygen atoms in total. The summed E-state index contributed by atoms with van der Waals surface area (Å²) in [7, 11) is -4.24. The van der Waals surface area contributed by atoms with Crippen LogP contribution < -0.4 is 0 Å². The van der Waals surface area contributed by atoms with Crippen molar-refractivity contribution >= 4 is 10.1 Å². The van der Waals surface area contributed by atoms with Gasteiger partial charge >= 0.3 is 0 Å². The molecule has 1 aromatic rings. The monoisotopic (exact) mass is 244 g/mol. The summed E-state index contributed by atoms with van der Waals surface area (Å²) in [6.07, 6.45) is 0. The molecule has 0 saturated carbocycles. The lowest BCUT2D eigenvalue weighted by atomic mass is 9.85. The first kappa shape index (κ1) is 13.0. The Morgan fingerprint density at radius 3 is 2.06 bits per heavy atom. The molecule has 0 aliphatic heterocycles. The summed E-state index contributed by atoms with van der Waals surface area (Å²) in [6.45, 7) is 7.17. The molecule has 0 amide bonds. The maximum Gasteiger partial charge on any atom is 0.294 e. The molecular formula is C11H16O4S. The maximum atomic E-state index is 11.0. The summed E-state index contributed by atoms with van der Waals surface area (Å²) in [4.78, 5) is -0.187. The predicted molar refractivity (Wildman–Crippen MR) is 61.4 cm³/mol. The van der Waals surface area contributed by atoms with E-state index in [-0.39, 0.29) is 10.6 Å². The minimum absolute atomic E-state index is 0.0694. The van der Waals surface area contributed by atoms with Gasteiger partial charge in [-0.15, -0.1) is 0 Å². The van der Waals surface area contributed by atoms with Crippen LogP contribution in [-0.2, 0) is 15.5 Å². The molecule has 5 heteroatoms. The predicted octanol–water partition coefficient (Wildman–Crippen LogP) is 2.24. The molecule has 0 atom stereocenters. The smallest absolute Gasteiger partial charge is 0.294 e. The summed E-state index contributed by atoms with van der Waals surface area (Å²) in [6, 6.07) is 2.55. The first-order valence-electron chi connectivity index (χ1n) is 4.85. The first-order valence-corrected chi connectivity index (χ1v) is 6.29. The van der Waals surface area contributed by atoms with Gasteiger partial charge in [-0.05, 0) is 30.0 Å². The van der Waals surface area contributed by atoms with Gasteiger partial charge in [0, 0.05) is 5.56 Å². The Morgan fingerprint density at radius 1 is 1.19 bits per heavy atom. The second-order valence-corrected chi connectivity index (χ2v) is 6.28. The average Bonchev–Trinajstić information content (AvgIpc) is 2.05. The maximum absolute atomic E-state index is 11.0. The SMILES string of the molecule is Cc1cc(S(=O)(=O)O)cc(C(C)(C)C)c1O. The van der Waals surface area contributed by atoms with Crippen LogP contribution in [0, 0.1) is 6.92 Å². The van der Waals surface area contributed by atoms with E-state index in [1.54, 1.807) is 6.92 Å². The van der Waals surface area contributed by atoms with Crippen LogP contribution >= 0.6 is 0 Å². The summed E-state index contributed by atoms with van der Waals surface area (Å²) in [5.74, 6) is 0.0694. The van der Waals surface area contributed by atoms with Crippen LogP contribution in [0.1, 0.15) is 31.9 Å². The zero-order valence-corrected chi connectivity index (χ0v) is 10.6. The number of phenols is 1. The molecule has 0 aliphatic carbocycles. The fourth-order valence-electron chi connectivity index (χ4n) is 1.47. The van der Waals surface area contributed by atoms with Crippen molar-refractivity contribution in [2.24, 2.45) is 0 Å². The highest BCUT2D eigenvalue weighted by Crippen LogP contribution is 2.35. The normalized spacial score (nSPS) is 12.8. The molecule has 0 spiro atoms. The lowest BCUT2D eigenvalue weighted by Gasteiger charge is -2.22. The van der Waals surface area contributed by atoms with Crippen molar-refractivity contribution < 1.29 is 18.1 Å². The fourth-order valence-corrected chi connectivity index (χ4v) is 2.06. The molecular weight excluding hydrogens is 228 g/mol. The van der Waals surface area contributed by atoms with E-state index < -0.39 is 15.5 Å². The van der Waals surface area contributed by atoms with Gasteiger partial charge in [0.25, 0.3) is 10.1 Å². The van der Waals surface area contributed by atoms with Gasteiger partial charge in [0.15, 0.2) is 0 Å². The van der Waals surface area contributed by atoms with E-state index in [4.69, 9.17) is 4.55 Å². The lowest BCUT2D eigenvalue weighted by Crippen LogP contribution is -2.13. The number of rotatable bonds is 1. The van der Waals surface area contributed by atoms with Crippen LogP contribution in [0.5, 0.6) is 5.75 Å². The number of hydrogen-bond donors (Lipinski definition) is 2. The number of benzene rings is 1. The summed E-state index contributed by atoms with van der Waals surface area (Å²) in [5.41, 5.74) is 0.537. The second-order valence-electron chi connectivity index (χ2n) is 4.86. The topological polar surface area (TPSA) is 74.6 Å². The van der Waals surface area contributed by atoms with Gasteiger partial charge in [-0.1, -0.05) is 20.8 Å². The lowest BCUT2D eigenvalue weighted by molar-refractivity contribution is 0.440. The fraction of sp³-hybridized carbons (Fsp3) is 0.455. The summed E-state index contributed by atoms with van der Waals surface area (Å²) >= 11 is 0. The number of phenolic OH excluding ortho intramolecular Hbond substituents is 1. The third kappa shape index (κ3) is 2.54. The molecule has 0 saturated heterocycles. The number of aromatic hydroxyl groups is 1. The Kier molecular flexibility index (Phi) is 3.04. The van der Waals surface area contributed by atoms with Gasteiger partial charge in [0.2, 0.25) is 0 Å². The Hall–Kier alpha value is -1.07. The van der Waals surface area contributed by atoms with Crippen molar-refractivity contribution in [2.45, 2.75) is 38.0 Å². The van der Waals surface area contributed by atoms with Crippen molar-refractivity contribution in [1.82, 2.24) is 0 Å². The van der Waals surface area contributed by atoms with Crippen molar-refractivity contribution in [2.75, 3.05) is 0 Å². The van der Waals surface area contributed by atoms with E-state index in [9.17, 15) is 13.5 Å². The van der Waals surface area contributed by atoms with E-state index in [1.807, 2.05) is 20.8 Å². The highest BCUT2D eigenvalue weighted by molar-refractivity contribution is 7.85.